The Balaban J connectivity index is 2.59. The molecular formula is C11H16O3. The van der Waals surface area contributed by atoms with Crippen molar-refractivity contribution in [1.82, 2.24) is 0 Å². The summed E-state index contributed by atoms with van der Waals surface area (Å²) < 4.78 is 5.44. The highest BCUT2D eigenvalue weighted by molar-refractivity contribution is 5.27. The van der Waals surface area contributed by atoms with E-state index < -0.39 is 6.10 Å². The zero-order valence-corrected chi connectivity index (χ0v) is 8.47. The first kappa shape index (κ1) is 11.0. The predicted octanol–water partition coefficient (Wildman–Crippen LogP) is 1.33. The van der Waals surface area contributed by atoms with Crippen LogP contribution in [0, 0.1) is 0 Å². The Labute approximate surface area is 84.0 Å². The Morgan fingerprint density at radius 3 is 2.21 bits per heavy atom. The maximum absolute atomic E-state index is 9.22. The Bertz CT molecular complexity index is 266. The van der Waals surface area contributed by atoms with Gasteiger partial charge in [-0.15, -0.1) is 0 Å². The smallest absolute Gasteiger partial charge is 0.121 e. The van der Waals surface area contributed by atoms with Crippen molar-refractivity contribution >= 4 is 0 Å². The van der Waals surface area contributed by atoms with E-state index in [0.717, 1.165) is 5.56 Å². The lowest BCUT2D eigenvalue weighted by Crippen LogP contribution is -2.25. The lowest BCUT2D eigenvalue weighted by atomic mass is 10.2. The van der Waals surface area contributed by atoms with Crippen LogP contribution in [0.25, 0.3) is 0 Å². The minimum absolute atomic E-state index is 0.0340. The van der Waals surface area contributed by atoms with Gasteiger partial charge in [0, 0.05) is 0 Å². The number of benzene rings is 1. The van der Waals surface area contributed by atoms with Crippen molar-refractivity contribution in [3.8, 4) is 5.75 Å². The van der Waals surface area contributed by atoms with Gasteiger partial charge in [-0.05, 0) is 31.5 Å². The Morgan fingerprint density at radius 1 is 1.21 bits per heavy atom. The topological polar surface area (TPSA) is 49.7 Å². The van der Waals surface area contributed by atoms with E-state index in [4.69, 9.17) is 9.84 Å². The van der Waals surface area contributed by atoms with Crippen LogP contribution in [-0.4, -0.2) is 22.4 Å². The number of aliphatic hydroxyl groups excluding tert-OH is 2. The third-order valence-corrected chi connectivity index (χ3v) is 2.11. The largest absolute Gasteiger partial charge is 0.488 e. The summed E-state index contributed by atoms with van der Waals surface area (Å²) in [4.78, 5) is 0. The van der Waals surface area contributed by atoms with Crippen LogP contribution < -0.4 is 4.74 Å². The van der Waals surface area contributed by atoms with Crippen LogP contribution in [0.5, 0.6) is 5.75 Å². The molecule has 0 fully saturated rings. The summed E-state index contributed by atoms with van der Waals surface area (Å²) in [7, 11) is 0. The molecule has 0 aliphatic carbocycles. The first-order valence-corrected chi connectivity index (χ1v) is 4.68. The highest BCUT2D eigenvalue weighted by Gasteiger charge is 2.09. The van der Waals surface area contributed by atoms with Crippen molar-refractivity contribution in [2.75, 3.05) is 0 Å². The fraction of sp³-hybridized carbons (Fsp3) is 0.455. The highest BCUT2D eigenvalue weighted by atomic mass is 16.5. The molecule has 0 bridgehead atoms. The Morgan fingerprint density at radius 2 is 1.79 bits per heavy atom. The van der Waals surface area contributed by atoms with Gasteiger partial charge in [-0.3, -0.25) is 0 Å². The van der Waals surface area contributed by atoms with Gasteiger partial charge in [0.2, 0.25) is 0 Å². The van der Waals surface area contributed by atoms with Crippen LogP contribution in [0.4, 0.5) is 0 Å². The van der Waals surface area contributed by atoms with E-state index >= 15 is 0 Å². The summed E-state index contributed by atoms with van der Waals surface area (Å²) >= 11 is 0. The number of ether oxygens (including phenoxy) is 1. The fourth-order valence-corrected chi connectivity index (χ4v) is 0.987. The average molecular weight is 196 g/mol. The van der Waals surface area contributed by atoms with E-state index in [1.165, 1.54) is 0 Å². The third-order valence-electron chi connectivity index (χ3n) is 2.11. The van der Waals surface area contributed by atoms with Gasteiger partial charge in [0.25, 0.3) is 0 Å². The molecule has 0 saturated carbocycles. The van der Waals surface area contributed by atoms with Gasteiger partial charge in [-0.2, -0.15) is 0 Å². The predicted molar refractivity (Wildman–Crippen MR) is 54.1 cm³/mol. The molecule has 0 aromatic heterocycles. The van der Waals surface area contributed by atoms with Gasteiger partial charge >= 0.3 is 0 Å². The molecule has 3 heteroatoms. The van der Waals surface area contributed by atoms with Crippen molar-refractivity contribution in [3.63, 3.8) is 0 Å². The number of hydrogen-bond donors (Lipinski definition) is 2. The molecule has 0 aliphatic rings. The molecule has 1 rings (SSSR count). The zero-order valence-electron chi connectivity index (χ0n) is 8.47. The lowest BCUT2D eigenvalue weighted by molar-refractivity contribution is 0.0604. The van der Waals surface area contributed by atoms with E-state index in [2.05, 4.69) is 0 Å². The second-order valence-corrected chi connectivity index (χ2v) is 3.37. The molecule has 0 amide bonds. The van der Waals surface area contributed by atoms with E-state index in [1.54, 1.807) is 31.2 Å². The summed E-state index contributed by atoms with van der Waals surface area (Å²) in [6.07, 6.45) is -0.720. The van der Waals surface area contributed by atoms with Crippen molar-refractivity contribution in [1.29, 1.82) is 0 Å². The summed E-state index contributed by atoms with van der Waals surface area (Å²) in [6, 6.07) is 7.16. The SMILES string of the molecule is CC(O)C(C)Oc1ccc(CO)cc1. The molecule has 3 nitrogen and oxygen atoms in total. The summed E-state index contributed by atoms with van der Waals surface area (Å²) in [5, 5.41) is 18.0. The van der Waals surface area contributed by atoms with Gasteiger partial charge in [0.15, 0.2) is 0 Å². The molecule has 0 radical (unpaired) electrons. The minimum atomic E-state index is -0.493. The van der Waals surface area contributed by atoms with Gasteiger partial charge < -0.3 is 14.9 Å². The van der Waals surface area contributed by atoms with Crippen LogP contribution in [0.1, 0.15) is 19.4 Å². The summed E-state index contributed by atoms with van der Waals surface area (Å²) in [5.74, 6) is 0.704. The van der Waals surface area contributed by atoms with Crippen LogP contribution in [0.15, 0.2) is 24.3 Å². The molecule has 0 heterocycles. The second-order valence-electron chi connectivity index (χ2n) is 3.37. The van der Waals surface area contributed by atoms with E-state index in [1.807, 2.05) is 6.92 Å². The van der Waals surface area contributed by atoms with Crippen molar-refractivity contribution in [2.45, 2.75) is 32.7 Å². The first-order valence-electron chi connectivity index (χ1n) is 4.68. The summed E-state index contributed by atoms with van der Waals surface area (Å²) in [6.45, 7) is 3.53. The first-order chi connectivity index (χ1) is 6.63. The zero-order chi connectivity index (χ0) is 10.6. The molecule has 1 aromatic carbocycles. The van der Waals surface area contributed by atoms with Crippen molar-refractivity contribution in [2.24, 2.45) is 0 Å². The van der Waals surface area contributed by atoms with E-state index in [0.29, 0.717) is 5.75 Å². The molecule has 0 aliphatic heterocycles. The molecular weight excluding hydrogens is 180 g/mol. The van der Waals surface area contributed by atoms with Gasteiger partial charge in [-0.1, -0.05) is 12.1 Å². The third kappa shape index (κ3) is 3.01. The molecule has 0 spiro atoms. The quantitative estimate of drug-likeness (QED) is 0.763. The van der Waals surface area contributed by atoms with Crippen molar-refractivity contribution in [3.05, 3.63) is 29.8 Å². The molecule has 78 valence electrons. The Kier molecular flexibility index (Phi) is 3.92. The number of hydrogen-bond acceptors (Lipinski definition) is 3. The van der Waals surface area contributed by atoms with E-state index in [-0.39, 0.29) is 12.7 Å². The van der Waals surface area contributed by atoms with Crippen LogP contribution >= 0.6 is 0 Å². The van der Waals surface area contributed by atoms with Gasteiger partial charge in [0.1, 0.15) is 11.9 Å². The van der Waals surface area contributed by atoms with Gasteiger partial charge in [0.05, 0.1) is 12.7 Å². The maximum atomic E-state index is 9.22. The number of aliphatic hydroxyl groups is 2. The van der Waals surface area contributed by atoms with Crippen LogP contribution in [0.3, 0.4) is 0 Å². The second kappa shape index (κ2) is 4.98. The molecule has 2 N–H and O–H groups in total. The maximum Gasteiger partial charge on any atom is 0.121 e. The molecule has 2 atom stereocenters. The average Bonchev–Trinajstić information content (AvgIpc) is 2.19. The lowest BCUT2D eigenvalue weighted by Gasteiger charge is -2.17. The van der Waals surface area contributed by atoms with E-state index in [9.17, 15) is 5.11 Å². The summed E-state index contributed by atoms with van der Waals surface area (Å²) in [5.41, 5.74) is 0.849. The molecule has 0 saturated heterocycles. The highest BCUT2D eigenvalue weighted by Crippen LogP contribution is 2.14. The minimum Gasteiger partial charge on any atom is -0.488 e. The van der Waals surface area contributed by atoms with Crippen molar-refractivity contribution < 1.29 is 14.9 Å². The monoisotopic (exact) mass is 196 g/mol. The van der Waals surface area contributed by atoms with Crippen LogP contribution in [0.2, 0.25) is 0 Å². The van der Waals surface area contributed by atoms with Gasteiger partial charge in [-0.25, -0.2) is 0 Å². The molecule has 2 unspecified atom stereocenters. The molecule has 1 aromatic rings. The standard InChI is InChI=1S/C11H16O3/c1-8(13)9(2)14-11-5-3-10(7-12)4-6-11/h3-6,8-9,12-13H,7H2,1-2H3. The normalized spacial score (nSPS) is 14.9. The Hall–Kier alpha value is -1.06. The van der Waals surface area contributed by atoms with Crippen LogP contribution in [-0.2, 0) is 6.61 Å². The molecule has 14 heavy (non-hydrogen) atoms. The fourth-order valence-electron chi connectivity index (χ4n) is 0.987. The number of rotatable bonds is 4.